The number of hydrogen-bond donors (Lipinski definition) is 2. The molecule has 0 spiro atoms. The summed E-state index contributed by atoms with van der Waals surface area (Å²) < 4.78 is 13.5. The zero-order valence-corrected chi connectivity index (χ0v) is 12.5. The van der Waals surface area contributed by atoms with Crippen molar-refractivity contribution in [2.24, 2.45) is 0 Å². The third-order valence-corrected chi connectivity index (χ3v) is 2.99. The molecule has 0 aliphatic heterocycles. The highest BCUT2D eigenvalue weighted by Crippen LogP contribution is 2.14. The Bertz CT molecular complexity index is 512. The Hall–Kier alpha value is -2.11. The van der Waals surface area contributed by atoms with Crippen LogP contribution in [0.25, 0.3) is 0 Å². The molecule has 2 N–H and O–H groups in total. The van der Waals surface area contributed by atoms with Crippen molar-refractivity contribution in [3.63, 3.8) is 0 Å². The molecule has 1 aromatic rings. The second kappa shape index (κ2) is 7.06. The zero-order valence-electron chi connectivity index (χ0n) is 12.5. The molecule has 0 unspecified atom stereocenters. The third-order valence-electron chi connectivity index (χ3n) is 2.99. The molecular formula is C15H21FN2O3. The maximum atomic E-state index is 13.5. The van der Waals surface area contributed by atoms with Gasteiger partial charge < -0.3 is 15.3 Å². The SMILES string of the molecule is CC(C)(C)N(CCC(=O)O)C(=O)NCc1ccccc1F. The van der Waals surface area contributed by atoms with Crippen LogP contribution in [0.2, 0.25) is 0 Å². The van der Waals surface area contributed by atoms with Gasteiger partial charge in [0, 0.05) is 24.2 Å². The quantitative estimate of drug-likeness (QED) is 0.877. The Morgan fingerprint density at radius 3 is 2.43 bits per heavy atom. The lowest BCUT2D eigenvalue weighted by molar-refractivity contribution is -0.137. The summed E-state index contributed by atoms with van der Waals surface area (Å²) in [6, 6.07) is 5.78. The number of carboxylic acids is 1. The average molecular weight is 296 g/mol. The van der Waals surface area contributed by atoms with Gasteiger partial charge in [0.05, 0.1) is 6.42 Å². The lowest BCUT2D eigenvalue weighted by Gasteiger charge is -2.35. The van der Waals surface area contributed by atoms with Gasteiger partial charge >= 0.3 is 12.0 Å². The number of hydrogen-bond acceptors (Lipinski definition) is 2. The molecule has 0 aliphatic carbocycles. The van der Waals surface area contributed by atoms with Crippen molar-refractivity contribution in [1.29, 1.82) is 0 Å². The predicted octanol–water partition coefficient (Wildman–Crippen LogP) is 2.61. The van der Waals surface area contributed by atoms with Crippen molar-refractivity contribution < 1.29 is 19.1 Å². The molecule has 6 heteroatoms. The van der Waals surface area contributed by atoms with E-state index in [1.54, 1.807) is 18.2 Å². The smallest absolute Gasteiger partial charge is 0.318 e. The van der Waals surface area contributed by atoms with Gasteiger partial charge in [0.2, 0.25) is 0 Å². The van der Waals surface area contributed by atoms with Crippen molar-refractivity contribution in [2.45, 2.75) is 39.3 Å². The van der Waals surface area contributed by atoms with E-state index in [-0.39, 0.29) is 25.3 Å². The first-order valence-electron chi connectivity index (χ1n) is 6.72. The minimum Gasteiger partial charge on any atom is -0.481 e. The molecule has 2 amide bonds. The summed E-state index contributed by atoms with van der Waals surface area (Å²) in [4.78, 5) is 24.3. The summed E-state index contributed by atoms with van der Waals surface area (Å²) >= 11 is 0. The van der Waals surface area contributed by atoms with Gasteiger partial charge in [-0.25, -0.2) is 9.18 Å². The van der Waals surface area contributed by atoms with Crippen molar-refractivity contribution in [3.05, 3.63) is 35.6 Å². The number of nitrogens with zero attached hydrogens (tertiary/aromatic N) is 1. The lowest BCUT2D eigenvalue weighted by atomic mass is 10.1. The molecule has 116 valence electrons. The molecule has 1 rings (SSSR count). The third kappa shape index (κ3) is 5.41. The summed E-state index contributed by atoms with van der Waals surface area (Å²) in [5.41, 5.74) is -0.132. The van der Waals surface area contributed by atoms with Crippen LogP contribution in [0.15, 0.2) is 24.3 Å². The maximum absolute atomic E-state index is 13.5. The summed E-state index contributed by atoms with van der Waals surface area (Å²) in [5, 5.41) is 11.4. The molecule has 0 fully saturated rings. The van der Waals surface area contributed by atoms with Crippen LogP contribution >= 0.6 is 0 Å². The number of carbonyl (C=O) groups is 2. The number of carboxylic acid groups (broad SMARTS) is 1. The fraction of sp³-hybridized carbons (Fsp3) is 0.467. The second-order valence-corrected chi connectivity index (χ2v) is 5.72. The number of benzene rings is 1. The molecule has 0 radical (unpaired) electrons. The fourth-order valence-electron chi connectivity index (χ4n) is 1.86. The number of rotatable bonds is 5. The van der Waals surface area contributed by atoms with Crippen LogP contribution < -0.4 is 5.32 Å². The van der Waals surface area contributed by atoms with Crippen LogP contribution in [-0.4, -0.2) is 34.1 Å². The standard InChI is InChI=1S/C15H21FN2O3/c1-15(2,3)18(9-8-13(19)20)14(21)17-10-11-6-4-5-7-12(11)16/h4-7H,8-10H2,1-3H3,(H,17,21)(H,19,20). The summed E-state index contributed by atoms with van der Waals surface area (Å²) in [5.74, 6) is -1.35. The Kier molecular flexibility index (Phi) is 5.69. The minimum absolute atomic E-state index is 0.0607. The van der Waals surface area contributed by atoms with Crippen molar-refractivity contribution >= 4 is 12.0 Å². The zero-order chi connectivity index (χ0) is 16.0. The molecular weight excluding hydrogens is 275 g/mol. The maximum Gasteiger partial charge on any atom is 0.318 e. The van der Waals surface area contributed by atoms with Gasteiger partial charge in [-0.1, -0.05) is 18.2 Å². The molecule has 0 atom stereocenters. The van der Waals surface area contributed by atoms with Gasteiger partial charge in [-0.3, -0.25) is 4.79 Å². The molecule has 0 aromatic heterocycles. The van der Waals surface area contributed by atoms with Gasteiger partial charge in [0.15, 0.2) is 0 Å². The largest absolute Gasteiger partial charge is 0.481 e. The fourth-order valence-corrected chi connectivity index (χ4v) is 1.86. The van der Waals surface area contributed by atoms with Crippen LogP contribution in [0, 0.1) is 5.82 Å². The Morgan fingerprint density at radius 1 is 1.29 bits per heavy atom. The second-order valence-electron chi connectivity index (χ2n) is 5.72. The van der Waals surface area contributed by atoms with E-state index in [0.717, 1.165) is 0 Å². The van der Waals surface area contributed by atoms with Gasteiger partial charge in [0.25, 0.3) is 0 Å². The number of aliphatic carboxylic acids is 1. The van der Waals surface area contributed by atoms with Crippen LogP contribution in [0.4, 0.5) is 9.18 Å². The number of urea groups is 1. The van der Waals surface area contributed by atoms with E-state index < -0.39 is 17.5 Å². The van der Waals surface area contributed by atoms with E-state index in [1.807, 2.05) is 20.8 Å². The first-order valence-corrected chi connectivity index (χ1v) is 6.72. The van der Waals surface area contributed by atoms with Gasteiger partial charge in [-0.2, -0.15) is 0 Å². The Balaban J connectivity index is 2.69. The van der Waals surface area contributed by atoms with Crippen LogP contribution in [0.1, 0.15) is 32.8 Å². The van der Waals surface area contributed by atoms with E-state index in [0.29, 0.717) is 5.56 Å². The number of nitrogens with one attached hydrogen (secondary N) is 1. The first kappa shape index (κ1) is 16.9. The van der Waals surface area contributed by atoms with E-state index in [9.17, 15) is 14.0 Å². The predicted molar refractivity (Wildman–Crippen MR) is 77.3 cm³/mol. The highest BCUT2D eigenvalue weighted by molar-refractivity contribution is 5.76. The van der Waals surface area contributed by atoms with Crippen LogP contribution in [0.5, 0.6) is 0 Å². The molecule has 0 aliphatic rings. The molecule has 0 heterocycles. The summed E-state index contributed by atoms with van der Waals surface area (Å²) in [6.45, 7) is 5.61. The van der Waals surface area contributed by atoms with E-state index >= 15 is 0 Å². The topological polar surface area (TPSA) is 69.6 Å². The highest BCUT2D eigenvalue weighted by Gasteiger charge is 2.26. The number of halogens is 1. The van der Waals surface area contributed by atoms with Crippen LogP contribution in [-0.2, 0) is 11.3 Å². The molecule has 0 saturated heterocycles. The number of carbonyl (C=O) groups excluding carboxylic acids is 1. The molecule has 0 saturated carbocycles. The lowest BCUT2D eigenvalue weighted by Crippen LogP contribution is -2.51. The van der Waals surface area contributed by atoms with E-state index in [2.05, 4.69) is 5.32 Å². The van der Waals surface area contributed by atoms with Crippen LogP contribution in [0.3, 0.4) is 0 Å². The van der Waals surface area contributed by atoms with Crippen molar-refractivity contribution in [1.82, 2.24) is 10.2 Å². The summed E-state index contributed by atoms with van der Waals surface area (Å²) in [7, 11) is 0. The minimum atomic E-state index is -0.967. The van der Waals surface area contributed by atoms with Gasteiger partial charge in [-0.05, 0) is 26.8 Å². The van der Waals surface area contributed by atoms with Crippen molar-refractivity contribution in [2.75, 3.05) is 6.54 Å². The summed E-state index contributed by atoms with van der Waals surface area (Å²) in [6.07, 6.45) is -0.135. The van der Waals surface area contributed by atoms with Gasteiger partial charge in [-0.15, -0.1) is 0 Å². The van der Waals surface area contributed by atoms with Gasteiger partial charge in [0.1, 0.15) is 5.82 Å². The monoisotopic (exact) mass is 296 g/mol. The van der Waals surface area contributed by atoms with Crippen molar-refractivity contribution in [3.8, 4) is 0 Å². The Labute approximate surface area is 123 Å². The first-order chi connectivity index (χ1) is 9.71. The molecule has 5 nitrogen and oxygen atoms in total. The molecule has 21 heavy (non-hydrogen) atoms. The average Bonchev–Trinajstić information content (AvgIpc) is 2.36. The highest BCUT2D eigenvalue weighted by atomic mass is 19.1. The molecule has 0 bridgehead atoms. The molecule has 1 aromatic carbocycles. The number of amides is 2. The van der Waals surface area contributed by atoms with E-state index in [4.69, 9.17) is 5.11 Å². The Morgan fingerprint density at radius 2 is 1.90 bits per heavy atom. The normalized spacial score (nSPS) is 11.0. The van der Waals surface area contributed by atoms with E-state index in [1.165, 1.54) is 11.0 Å².